The Morgan fingerprint density at radius 2 is 2.17 bits per heavy atom. The maximum atomic E-state index is 10.6. The van der Waals surface area contributed by atoms with Gasteiger partial charge in [-0.15, -0.1) is 0 Å². The molecular weight excluding hydrogens is 274 g/mol. The highest BCUT2D eigenvalue weighted by Gasteiger charge is 2.10. The molecule has 90 valence electrons. The summed E-state index contributed by atoms with van der Waals surface area (Å²) in [4.78, 5) is 11.4. The van der Waals surface area contributed by atoms with E-state index in [9.17, 15) is 4.79 Å². The number of rotatable bonds is 3. The van der Waals surface area contributed by atoms with Gasteiger partial charge in [0, 0.05) is 4.90 Å². The molecule has 0 bridgehead atoms. The summed E-state index contributed by atoms with van der Waals surface area (Å²) in [5.41, 5.74) is 0.395. The van der Waals surface area contributed by atoms with Crippen LogP contribution in [0.5, 0.6) is 0 Å². The fraction of sp³-hybridized carbons (Fsp3) is 0. The Kier molecular flexibility index (Phi) is 3.60. The second kappa shape index (κ2) is 5.17. The summed E-state index contributed by atoms with van der Waals surface area (Å²) in [5.74, 6) is -1.23. The van der Waals surface area contributed by atoms with Gasteiger partial charge in [0.25, 0.3) is 0 Å². The van der Waals surface area contributed by atoms with E-state index in [-0.39, 0.29) is 5.76 Å². The predicted molar refractivity (Wildman–Crippen MR) is 66.0 cm³/mol. The molecule has 0 saturated carbocycles. The first-order valence-electron chi connectivity index (χ1n) is 4.81. The zero-order valence-electron chi connectivity index (χ0n) is 8.88. The Morgan fingerprint density at radius 1 is 1.39 bits per heavy atom. The standard InChI is InChI=1S/C12H6ClNO3S/c13-9-5-8(2-1-7(9)6-14)18-11-4-3-10(17-11)12(15)16/h1-5H,(H,15,16). The van der Waals surface area contributed by atoms with Crippen LogP contribution in [0, 0.1) is 11.3 Å². The smallest absolute Gasteiger partial charge is 0.371 e. The van der Waals surface area contributed by atoms with E-state index in [0.717, 1.165) is 4.90 Å². The van der Waals surface area contributed by atoms with Gasteiger partial charge in [-0.2, -0.15) is 5.26 Å². The van der Waals surface area contributed by atoms with Crippen molar-refractivity contribution in [2.75, 3.05) is 0 Å². The van der Waals surface area contributed by atoms with E-state index in [1.54, 1.807) is 24.3 Å². The highest BCUT2D eigenvalue weighted by Crippen LogP contribution is 2.31. The van der Waals surface area contributed by atoms with Crippen LogP contribution in [-0.4, -0.2) is 11.1 Å². The quantitative estimate of drug-likeness (QED) is 0.928. The Bertz CT molecular complexity index is 645. The molecule has 0 fully saturated rings. The molecule has 0 aliphatic heterocycles. The molecule has 0 unspecified atom stereocenters. The molecule has 2 aromatic rings. The van der Waals surface area contributed by atoms with E-state index in [2.05, 4.69) is 0 Å². The van der Waals surface area contributed by atoms with Crippen LogP contribution in [0.3, 0.4) is 0 Å². The summed E-state index contributed by atoms with van der Waals surface area (Å²) in [6.45, 7) is 0. The van der Waals surface area contributed by atoms with Crippen molar-refractivity contribution < 1.29 is 14.3 Å². The summed E-state index contributed by atoms with van der Waals surface area (Å²) in [5, 5.41) is 18.3. The second-order valence-electron chi connectivity index (χ2n) is 3.28. The minimum atomic E-state index is -1.11. The number of hydrogen-bond donors (Lipinski definition) is 1. The molecule has 4 nitrogen and oxygen atoms in total. The average molecular weight is 280 g/mol. The zero-order chi connectivity index (χ0) is 13.1. The lowest BCUT2D eigenvalue weighted by Gasteiger charge is -2.00. The van der Waals surface area contributed by atoms with Crippen LogP contribution in [0.15, 0.2) is 44.7 Å². The Balaban J connectivity index is 2.21. The molecule has 6 heteroatoms. The lowest BCUT2D eigenvalue weighted by atomic mass is 10.2. The molecule has 0 aliphatic rings. The van der Waals surface area contributed by atoms with Crippen molar-refractivity contribution in [3.8, 4) is 6.07 Å². The highest BCUT2D eigenvalue weighted by atomic mass is 35.5. The Labute approximate surface area is 112 Å². The largest absolute Gasteiger partial charge is 0.475 e. The summed E-state index contributed by atoms with van der Waals surface area (Å²) in [6, 6.07) is 9.87. The van der Waals surface area contributed by atoms with Crippen LogP contribution in [0.25, 0.3) is 0 Å². The average Bonchev–Trinajstić information content (AvgIpc) is 2.78. The molecule has 0 aliphatic carbocycles. The molecule has 0 radical (unpaired) electrons. The number of carboxylic acids is 1. The maximum Gasteiger partial charge on any atom is 0.371 e. The Hall–Kier alpha value is -1.90. The van der Waals surface area contributed by atoms with Gasteiger partial charge in [-0.1, -0.05) is 23.4 Å². The predicted octanol–water partition coefficient (Wildman–Crippen LogP) is 3.65. The molecule has 1 N–H and O–H groups in total. The number of hydrogen-bond acceptors (Lipinski definition) is 4. The molecule has 0 saturated heterocycles. The summed E-state index contributed by atoms with van der Waals surface area (Å²) in [7, 11) is 0. The fourth-order valence-electron chi connectivity index (χ4n) is 1.26. The van der Waals surface area contributed by atoms with Crippen molar-refractivity contribution in [2.45, 2.75) is 9.99 Å². The van der Waals surface area contributed by atoms with Crippen LogP contribution in [0.2, 0.25) is 5.02 Å². The summed E-state index contributed by atoms with van der Waals surface area (Å²) < 4.78 is 5.10. The molecule has 1 aromatic heterocycles. The monoisotopic (exact) mass is 279 g/mol. The number of furan rings is 1. The first-order chi connectivity index (χ1) is 8.60. The maximum absolute atomic E-state index is 10.6. The number of nitriles is 1. The van der Waals surface area contributed by atoms with Gasteiger partial charge < -0.3 is 9.52 Å². The van der Waals surface area contributed by atoms with E-state index in [4.69, 9.17) is 26.4 Å². The normalized spacial score (nSPS) is 10.0. The van der Waals surface area contributed by atoms with E-state index in [1.807, 2.05) is 6.07 Å². The topological polar surface area (TPSA) is 74.2 Å². The third-order valence-corrected chi connectivity index (χ3v) is 3.29. The number of nitrogens with zero attached hydrogens (tertiary/aromatic N) is 1. The van der Waals surface area contributed by atoms with Crippen molar-refractivity contribution in [2.24, 2.45) is 0 Å². The Morgan fingerprint density at radius 3 is 2.72 bits per heavy atom. The van der Waals surface area contributed by atoms with Gasteiger partial charge in [0.2, 0.25) is 5.76 Å². The third kappa shape index (κ3) is 2.67. The minimum Gasteiger partial charge on any atom is -0.475 e. The number of carbonyl (C=O) groups is 1. The molecule has 18 heavy (non-hydrogen) atoms. The molecule has 1 heterocycles. The third-order valence-electron chi connectivity index (χ3n) is 2.07. The molecular formula is C12H6ClNO3S. The molecule has 1 aromatic carbocycles. The van der Waals surface area contributed by atoms with Crippen LogP contribution in [0.4, 0.5) is 0 Å². The highest BCUT2D eigenvalue weighted by molar-refractivity contribution is 7.99. The molecule has 2 rings (SSSR count). The SMILES string of the molecule is N#Cc1ccc(Sc2ccc(C(=O)O)o2)cc1Cl. The van der Waals surface area contributed by atoms with Gasteiger partial charge in [0.05, 0.1) is 10.6 Å². The van der Waals surface area contributed by atoms with Crippen molar-refractivity contribution in [1.82, 2.24) is 0 Å². The van der Waals surface area contributed by atoms with Gasteiger partial charge in [0.15, 0.2) is 5.09 Å². The van der Waals surface area contributed by atoms with Gasteiger partial charge in [-0.3, -0.25) is 0 Å². The lowest BCUT2D eigenvalue weighted by molar-refractivity contribution is 0.0656. The summed E-state index contributed by atoms with van der Waals surface area (Å²) in [6.07, 6.45) is 0. The number of carboxylic acid groups (broad SMARTS) is 1. The van der Waals surface area contributed by atoms with E-state index >= 15 is 0 Å². The molecule has 0 atom stereocenters. The second-order valence-corrected chi connectivity index (χ2v) is 4.76. The lowest BCUT2D eigenvalue weighted by Crippen LogP contribution is -1.91. The number of aromatic carboxylic acids is 1. The first kappa shape index (κ1) is 12.6. The van der Waals surface area contributed by atoms with Gasteiger partial charge in [-0.05, 0) is 30.3 Å². The van der Waals surface area contributed by atoms with Crippen LogP contribution in [0.1, 0.15) is 16.1 Å². The molecule has 0 amide bonds. The van der Waals surface area contributed by atoms with E-state index in [0.29, 0.717) is 15.7 Å². The fourth-order valence-corrected chi connectivity index (χ4v) is 2.36. The van der Waals surface area contributed by atoms with Gasteiger partial charge in [-0.25, -0.2) is 4.79 Å². The number of benzene rings is 1. The van der Waals surface area contributed by atoms with Crippen LogP contribution in [-0.2, 0) is 0 Å². The summed E-state index contributed by atoms with van der Waals surface area (Å²) >= 11 is 7.13. The van der Waals surface area contributed by atoms with E-state index < -0.39 is 5.97 Å². The molecule has 0 spiro atoms. The van der Waals surface area contributed by atoms with Crippen molar-refractivity contribution in [1.29, 1.82) is 5.26 Å². The first-order valence-corrected chi connectivity index (χ1v) is 6.00. The minimum absolute atomic E-state index is 0.114. The van der Waals surface area contributed by atoms with Crippen molar-refractivity contribution in [3.05, 3.63) is 46.7 Å². The van der Waals surface area contributed by atoms with Crippen LogP contribution < -0.4 is 0 Å². The van der Waals surface area contributed by atoms with Gasteiger partial charge in [0.1, 0.15) is 6.07 Å². The zero-order valence-corrected chi connectivity index (χ0v) is 10.5. The van der Waals surface area contributed by atoms with Crippen molar-refractivity contribution >= 4 is 29.3 Å². The number of halogens is 1. The van der Waals surface area contributed by atoms with Crippen molar-refractivity contribution in [3.63, 3.8) is 0 Å². The van der Waals surface area contributed by atoms with Gasteiger partial charge >= 0.3 is 5.97 Å². The van der Waals surface area contributed by atoms with Crippen LogP contribution >= 0.6 is 23.4 Å². The van der Waals surface area contributed by atoms with E-state index in [1.165, 1.54) is 17.8 Å².